The minimum atomic E-state index is -1.18. The summed E-state index contributed by atoms with van der Waals surface area (Å²) in [5.41, 5.74) is -0.525. The monoisotopic (exact) mass is 347 g/mol. The average Bonchev–Trinajstić information content (AvgIpc) is 2.85. The smallest absolute Gasteiger partial charge is 0.325 e. The molecular formula is C17H21N3O5. The van der Waals surface area contributed by atoms with Crippen LogP contribution in [0.5, 0.6) is 0 Å². The fourth-order valence-electron chi connectivity index (χ4n) is 2.78. The molecule has 134 valence electrons. The van der Waals surface area contributed by atoms with Crippen molar-refractivity contribution in [2.75, 3.05) is 20.1 Å². The molecule has 0 radical (unpaired) electrons. The summed E-state index contributed by atoms with van der Waals surface area (Å²) in [5.74, 6) is -2.00. The standard InChI is InChI=1S/C17H21N3O5/c1-3-17(12-7-5-4-6-8-12)15(24)20(16(25)18-17)11-13(21)19(2)10-9-14(22)23/h4-8H,3,9-11H2,1-2H3,(H,18,25)(H,22,23)/t17-/m0/s1. The van der Waals surface area contributed by atoms with Gasteiger partial charge in [-0.15, -0.1) is 0 Å². The number of urea groups is 1. The van der Waals surface area contributed by atoms with Crippen LogP contribution in [0.4, 0.5) is 4.79 Å². The van der Waals surface area contributed by atoms with Crippen LogP contribution in [0.1, 0.15) is 25.3 Å². The lowest BCUT2D eigenvalue weighted by atomic mass is 9.87. The van der Waals surface area contributed by atoms with Crippen LogP contribution >= 0.6 is 0 Å². The van der Waals surface area contributed by atoms with Gasteiger partial charge in [-0.05, 0) is 12.0 Å². The lowest BCUT2D eigenvalue weighted by Crippen LogP contribution is -2.45. The number of carboxylic acids is 1. The minimum absolute atomic E-state index is 0.00935. The molecule has 0 aromatic heterocycles. The zero-order valence-electron chi connectivity index (χ0n) is 14.2. The predicted molar refractivity (Wildman–Crippen MR) is 88.5 cm³/mol. The fraction of sp³-hybridized carbons (Fsp3) is 0.412. The third-order valence-corrected chi connectivity index (χ3v) is 4.35. The summed E-state index contributed by atoms with van der Waals surface area (Å²) in [6.45, 7) is 1.38. The normalized spacial score (nSPS) is 19.7. The Morgan fingerprint density at radius 1 is 1.24 bits per heavy atom. The second-order valence-corrected chi connectivity index (χ2v) is 5.91. The summed E-state index contributed by atoms with van der Waals surface area (Å²) in [6.07, 6.45) is 0.145. The van der Waals surface area contributed by atoms with Crippen LogP contribution in [0.15, 0.2) is 30.3 Å². The number of likely N-dealkylation sites (N-methyl/N-ethyl adjacent to an activating group) is 1. The van der Waals surface area contributed by atoms with Gasteiger partial charge in [0.1, 0.15) is 12.1 Å². The number of hydrogen-bond acceptors (Lipinski definition) is 4. The van der Waals surface area contributed by atoms with Crippen LogP contribution in [0.25, 0.3) is 0 Å². The number of carbonyl (C=O) groups is 4. The van der Waals surface area contributed by atoms with Gasteiger partial charge in [0.25, 0.3) is 5.91 Å². The van der Waals surface area contributed by atoms with E-state index in [9.17, 15) is 19.2 Å². The highest BCUT2D eigenvalue weighted by molar-refractivity contribution is 6.09. The fourth-order valence-corrected chi connectivity index (χ4v) is 2.78. The van der Waals surface area contributed by atoms with Crippen LogP contribution < -0.4 is 5.32 Å². The molecule has 0 aliphatic carbocycles. The second-order valence-electron chi connectivity index (χ2n) is 5.91. The van der Waals surface area contributed by atoms with Crippen molar-refractivity contribution in [2.24, 2.45) is 0 Å². The average molecular weight is 347 g/mol. The number of benzene rings is 1. The largest absolute Gasteiger partial charge is 0.481 e. The molecule has 1 atom stereocenters. The summed E-state index contributed by atoms with van der Waals surface area (Å²) in [5, 5.41) is 11.4. The van der Waals surface area contributed by atoms with Gasteiger partial charge in [0.05, 0.1) is 6.42 Å². The van der Waals surface area contributed by atoms with E-state index in [2.05, 4.69) is 5.32 Å². The van der Waals surface area contributed by atoms with E-state index in [1.807, 2.05) is 6.07 Å². The number of imide groups is 1. The van der Waals surface area contributed by atoms with Gasteiger partial charge in [-0.3, -0.25) is 19.3 Å². The molecule has 1 heterocycles. The van der Waals surface area contributed by atoms with E-state index in [4.69, 9.17) is 5.11 Å². The van der Waals surface area contributed by atoms with Gasteiger partial charge >= 0.3 is 12.0 Å². The first-order valence-corrected chi connectivity index (χ1v) is 7.97. The lowest BCUT2D eigenvalue weighted by molar-refractivity contribution is -0.140. The van der Waals surface area contributed by atoms with Gasteiger partial charge in [-0.25, -0.2) is 4.79 Å². The summed E-state index contributed by atoms with van der Waals surface area (Å²) in [4.78, 5) is 50.0. The van der Waals surface area contributed by atoms with E-state index in [0.717, 1.165) is 4.90 Å². The van der Waals surface area contributed by atoms with Crippen molar-refractivity contribution in [3.05, 3.63) is 35.9 Å². The molecule has 1 fully saturated rings. The van der Waals surface area contributed by atoms with Crippen molar-refractivity contribution in [3.63, 3.8) is 0 Å². The summed E-state index contributed by atoms with van der Waals surface area (Å²) in [6, 6.07) is 8.25. The summed E-state index contributed by atoms with van der Waals surface area (Å²) in [7, 11) is 1.44. The summed E-state index contributed by atoms with van der Waals surface area (Å²) < 4.78 is 0. The molecular weight excluding hydrogens is 326 g/mol. The van der Waals surface area contributed by atoms with Gasteiger partial charge in [0.2, 0.25) is 5.91 Å². The number of nitrogens with one attached hydrogen (secondary N) is 1. The topological polar surface area (TPSA) is 107 Å². The Kier molecular flexibility index (Phi) is 5.41. The first-order chi connectivity index (χ1) is 11.8. The Labute approximate surface area is 145 Å². The SMILES string of the molecule is CC[C@@]1(c2ccccc2)NC(=O)N(CC(=O)N(C)CCC(=O)O)C1=O. The number of nitrogens with zero attached hydrogens (tertiary/aromatic N) is 2. The number of carboxylic acid groups (broad SMARTS) is 1. The van der Waals surface area contributed by atoms with Gasteiger partial charge < -0.3 is 15.3 Å². The number of amides is 4. The Bertz CT molecular complexity index is 691. The third kappa shape index (κ3) is 3.62. The van der Waals surface area contributed by atoms with Crippen molar-refractivity contribution in [2.45, 2.75) is 25.3 Å². The number of hydrogen-bond donors (Lipinski definition) is 2. The molecule has 0 bridgehead atoms. The van der Waals surface area contributed by atoms with Gasteiger partial charge in [-0.1, -0.05) is 37.3 Å². The molecule has 1 aromatic carbocycles. The van der Waals surface area contributed by atoms with E-state index in [0.29, 0.717) is 12.0 Å². The summed E-state index contributed by atoms with van der Waals surface area (Å²) >= 11 is 0. The van der Waals surface area contributed by atoms with Gasteiger partial charge in [-0.2, -0.15) is 0 Å². The van der Waals surface area contributed by atoms with Crippen LogP contribution in [0, 0.1) is 0 Å². The van der Waals surface area contributed by atoms with Crippen molar-refractivity contribution < 1.29 is 24.3 Å². The predicted octanol–water partition coefficient (Wildman–Crippen LogP) is 0.777. The Morgan fingerprint density at radius 2 is 1.88 bits per heavy atom. The maximum atomic E-state index is 12.9. The molecule has 1 aliphatic heterocycles. The highest BCUT2D eigenvalue weighted by Gasteiger charge is 2.51. The van der Waals surface area contributed by atoms with Crippen LogP contribution in [-0.4, -0.2) is 58.9 Å². The van der Waals surface area contributed by atoms with E-state index in [1.165, 1.54) is 11.9 Å². The Morgan fingerprint density at radius 3 is 2.44 bits per heavy atom. The quantitative estimate of drug-likeness (QED) is 0.709. The maximum Gasteiger partial charge on any atom is 0.325 e. The van der Waals surface area contributed by atoms with Crippen molar-refractivity contribution >= 4 is 23.8 Å². The van der Waals surface area contributed by atoms with Crippen molar-refractivity contribution in [3.8, 4) is 0 Å². The molecule has 0 spiro atoms. The molecule has 0 saturated carbocycles. The van der Waals surface area contributed by atoms with Crippen LogP contribution in [0.2, 0.25) is 0 Å². The Balaban J connectivity index is 2.15. The van der Waals surface area contributed by atoms with Crippen molar-refractivity contribution in [1.82, 2.24) is 15.1 Å². The molecule has 8 nitrogen and oxygen atoms in total. The highest BCUT2D eigenvalue weighted by atomic mass is 16.4. The number of aliphatic carboxylic acids is 1. The molecule has 0 unspecified atom stereocenters. The zero-order chi connectivity index (χ0) is 18.6. The van der Waals surface area contributed by atoms with Crippen LogP contribution in [0.3, 0.4) is 0 Å². The van der Waals surface area contributed by atoms with Crippen LogP contribution in [-0.2, 0) is 19.9 Å². The third-order valence-electron chi connectivity index (χ3n) is 4.35. The number of carbonyl (C=O) groups excluding carboxylic acids is 3. The number of rotatable bonds is 7. The van der Waals surface area contributed by atoms with Gasteiger partial charge in [0, 0.05) is 13.6 Å². The molecule has 1 aromatic rings. The first-order valence-electron chi connectivity index (χ1n) is 7.97. The molecule has 4 amide bonds. The van der Waals surface area contributed by atoms with E-state index in [-0.39, 0.29) is 13.0 Å². The second kappa shape index (κ2) is 7.33. The highest BCUT2D eigenvalue weighted by Crippen LogP contribution is 2.32. The maximum absolute atomic E-state index is 12.9. The van der Waals surface area contributed by atoms with Gasteiger partial charge in [0.15, 0.2) is 0 Å². The minimum Gasteiger partial charge on any atom is -0.481 e. The molecule has 2 rings (SSSR count). The molecule has 25 heavy (non-hydrogen) atoms. The Hall–Kier alpha value is -2.90. The first kappa shape index (κ1) is 18.4. The molecule has 2 N–H and O–H groups in total. The molecule has 1 aliphatic rings. The van der Waals surface area contributed by atoms with E-state index in [1.54, 1.807) is 31.2 Å². The lowest BCUT2D eigenvalue weighted by Gasteiger charge is -2.26. The molecule has 1 saturated heterocycles. The van der Waals surface area contributed by atoms with E-state index >= 15 is 0 Å². The van der Waals surface area contributed by atoms with Crippen molar-refractivity contribution in [1.29, 1.82) is 0 Å². The molecule has 8 heteroatoms. The zero-order valence-corrected chi connectivity index (χ0v) is 14.2. The van der Waals surface area contributed by atoms with E-state index < -0.39 is 35.9 Å².